The molecular formula is C30H30ClN5O3. The van der Waals surface area contributed by atoms with Gasteiger partial charge in [-0.1, -0.05) is 23.7 Å². The number of aromatic nitrogens is 2. The summed E-state index contributed by atoms with van der Waals surface area (Å²) in [4.78, 5) is 53.1. The third-order valence-corrected chi connectivity index (χ3v) is 8.42. The van der Waals surface area contributed by atoms with E-state index in [1.54, 1.807) is 35.5 Å². The lowest BCUT2D eigenvalue weighted by atomic mass is 9.80. The number of pyridine rings is 2. The van der Waals surface area contributed by atoms with Crippen molar-refractivity contribution < 1.29 is 14.4 Å². The minimum atomic E-state index is -0.704. The van der Waals surface area contributed by atoms with Crippen LogP contribution in [0.4, 0.5) is 11.5 Å². The van der Waals surface area contributed by atoms with Crippen LogP contribution in [0, 0.1) is 11.8 Å². The second-order valence-corrected chi connectivity index (χ2v) is 11.1. The maximum Gasteiger partial charge on any atom is 0.256 e. The maximum absolute atomic E-state index is 13.8. The van der Waals surface area contributed by atoms with Gasteiger partial charge in [0, 0.05) is 48.5 Å². The lowest BCUT2D eigenvalue weighted by Gasteiger charge is -2.35. The van der Waals surface area contributed by atoms with Crippen LogP contribution in [0.15, 0.2) is 60.9 Å². The van der Waals surface area contributed by atoms with E-state index in [0.29, 0.717) is 35.8 Å². The molecule has 1 N–H and O–H groups in total. The number of carbonyl (C=O) groups is 3. The molecule has 3 aromatic rings. The van der Waals surface area contributed by atoms with E-state index in [4.69, 9.17) is 11.6 Å². The van der Waals surface area contributed by atoms with Gasteiger partial charge in [-0.05, 0) is 80.0 Å². The van der Waals surface area contributed by atoms with Crippen LogP contribution in [0.25, 0.3) is 0 Å². The Kier molecular flexibility index (Phi) is 7.04. The Balaban J connectivity index is 1.18. The van der Waals surface area contributed by atoms with Crippen molar-refractivity contribution in [1.29, 1.82) is 0 Å². The van der Waals surface area contributed by atoms with E-state index < -0.39 is 6.04 Å². The first-order chi connectivity index (χ1) is 19.0. The second kappa shape index (κ2) is 10.8. The lowest BCUT2D eigenvalue weighted by Crippen LogP contribution is -2.49. The minimum Gasteiger partial charge on any atom is -0.326 e. The van der Waals surface area contributed by atoms with Gasteiger partial charge in [0.25, 0.3) is 5.91 Å². The molecule has 0 radical (unpaired) electrons. The summed E-state index contributed by atoms with van der Waals surface area (Å²) in [5.74, 6) is 0.634. The van der Waals surface area contributed by atoms with Gasteiger partial charge in [0.05, 0.1) is 11.3 Å². The number of amides is 3. The first-order valence-corrected chi connectivity index (χ1v) is 13.9. The number of fused-ring (bicyclic) bond motifs is 2. The molecule has 1 aromatic carbocycles. The highest BCUT2D eigenvalue weighted by molar-refractivity contribution is 6.31. The topological polar surface area (TPSA) is 95.5 Å². The van der Waals surface area contributed by atoms with Gasteiger partial charge in [0.15, 0.2) is 0 Å². The smallest absolute Gasteiger partial charge is 0.256 e. The number of anilines is 2. The van der Waals surface area contributed by atoms with Crippen LogP contribution in [0.1, 0.15) is 47.3 Å². The van der Waals surface area contributed by atoms with Gasteiger partial charge in [-0.2, -0.15) is 0 Å². The molecule has 6 rings (SSSR count). The monoisotopic (exact) mass is 543 g/mol. The number of carbonyl (C=O) groups excluding carboxylic acids is 3. The zero-order valence-corrected chi connectivity index (χ0v) is 22.3. The Labute approximate surface area is 232 Å². The molecule has 3 amide bonds. The fourth-order valence-corrected chi connectivity index (χ4v) is 6.27. The zero-order valence-electron chi connectivity index (χ0n) is 21.6. The molecule has 1 saturated carbocycles. The molecule has 200 valence electrons. The highest BCUT2D eigenvalue weighted by Gasteiger charge is 2.39. The van der Waals surface area contributed by atoms with Crippen LogP contribution in [-0.2, 0) is 22.4 Å². The van der Waals surface area contributed by atoms with Crippen LogP contribution >= 0.6 is 11.6 Å². The molecule has 4 heterocycles. The molecule has 8 nitrogen and oxygen atoms in total. The van der Waals surface area contributed by atoms with Crippen molar-refractivity contribution in [3.63, 3.8) is 0 Å². The van der Waals surface area contributed by atoms with Crippen molar-refractivity contribution in [2.75, 3.05) is 23.3 Å². The van der Waals surface area contributed by atoms with Gasteiger partial charge in [0.2, 0.25) is 11.8 Å². The molecular weight excluding hydrogens is 514 g/mol. The minimum absolute atomic E-state index is 0.0514. The van der Waals surface area contributed by atoms with E-state index in [1.807, 2.05) is 35.2 Å². The van der Waals surface area contributed by atoms with Gasteiger partial charge < -0.3 is 10.2 Å². The van der Waals surface area contributed by atoms with Gasteiger partial charge in [-0.3, -0.25) is 24.3 Å². The molecule has 1 unspecified atom stereocenters. The first kappa shape index (κ1) is 25.5. The molecule has 1 aliphatic carbocycles. The molecule has 39 heavy (non-hydrogen) atoms. The summed E-state index contributed by atoms with van der Waals surface area (Å²) < 4.78 is 0. The number of halogens is 1. The SMILES string of the molecule is O=C1Nc2cc(Cl)ccc2C(=O)N(CC2CCC(C(=O)N3CCc4cccnc43)CC2)C1Cc1ccccn1. The standard InChI is InChI=1S/C30H30ClN5O3/c31-22-10-11-24-25(16-22)34-28(37)26(17-23-5-1-2-13-32-23)36(30(24)39)18-19-6-8-21(9-7-19)29(38)35-15-12-20-4-3-14-33-27(20)35/h1-5,10-11,13-14,16,19,21,26H,6-9,12,15,17-18H2,(H,34,37). The number of rotatable bonds is 5. The summed E-state index contributed by atoms with van der Waals surface area (Å²) >= 11 is 6.18. The Morgan fingerprint density at radius 2 is 1.82 bits per heavy atom. The Morgan fingerprint density at radius 3 is 2.62 bits per heavy atom. The average Bonchev–Trinajstić information content (AvgIpc) is 3.36. The molecule has 1 atom stereocenters. The summed E-state index contributed by atoms with van der Waals surface area (Å²) in [5, 5.41) is 3.38. The second-order valence-electron chi connectivity index (χ2n) is 10.6. The number of nitrogens with one attached hydrogen (secondary N) is 1. The highest BCUT2D eigenvalue weighted by Crippen LogP contribution is 2.35. The molecule has 3 aliphatic rings. The zero-order chi connectivity index (χ0) is 26.9. The third kappa shape index (κ3) is 5.13. The van der Waals surface area contributed by atoms with Crippen molar-refractivity contribution in [1.82, 2.24) is 14.9 Å². The number of benzene rings is 1. The van der Waals surface area contributed by atoms with Gasteiger partial charge in [0.1, 0.15) is 11.9 Å². The van der Waals surface area contributed by atoms with E-state index in [9.17, 15) is 14.4 Å². The van der Waals surface area contributed by atoms with Gasteiger partial charge in [-0.15, -0.1) is 0 Å². The molecule has 0 bridgehead atoms. The van der Waals surface area contributed by atoms with Crippen molar-refractivity contribution in [2.45, 2.75) is 44.6 Å². The Hall–Kier alpha value is -3.78. The molecule has 9 heteroatoms. The van der Waals surface area contributed by atoms with E-state index >= 15 is 0 Å². The quantitative estimate of drug-likeness (QED) is 0.510. The number of nitrogens with zero attached hydrogens (tertiary/aromatic N) is 4. The maximum atomic E-state index is 13.8. The summed E-state index contributed by atoms with van der Waals surface area (Å²) in [5.41, 5.74) is 2.73. The fourth-order valence-electron chi connectivity index (χ4n) is 6.10. The Morgan fingerprint density at radius 1 is 1.00 bits per heavy atom. The third-order valence-electron chi connectivity index (χ3n) is 8.18. The Bertz CT molecular complexity index is 1410. The van der Waals surface area contributed by atoms with Gasteiger partial charge in [-0.25, -0.2) is 4.98 Å². The van der Waals surface area contributed by atoms with Crippen LogP contribution in [-0.4, -0.2) is 51.7 Å². The van der Waals surface area contributed by atoms with Crippen molar-refractivity contribution in [3.8, 4) is 0 Å². The average molecular weight is 544 g/mol. The number of hydrogen-bond donors (Lipinski definition) is 1. The van der Waals surface area contributed by atoms with Crippen molar-refractivity contribution >= 4 is 40.8 Å². The van der Waals surface area contributed by atoms with Crippen LogP contribution in [0.5, 0.6) is 0 Å². The molecule has 0 spiro atoms. The van der Waals surface area contributed by atoms with Crippen molar-refractivity contribution in [3.05, 3.63) is 82.8 Å². The molecule has 1 fully saturated rings. The van der Waals surface area contributed by atoms with E-state index in [0.717, 1.165) is 49.2 Å². The summed E-state index contributed by atoms with van der Waals surface area (Å²) in [7, 11) is 0. The summed E-state index contributed by atoms with van der Waals surface area (Å²) in [6, 6.07) is 13.8. The van der Waals surface area contributed by atoms with Crippen molar-refractivity contribution in [2.24, 2.45) is 11.8 Å². The van der Waals surface area contributed by atoms with Crippen LogP contribution in [0.2, 0.25) is 5.02 Å². The van der Waals surface area contributed by atoms with Gasteiger partial charge >= 0.3 is 0 Å². The fraction of sp³-hybridized carbons (Fsp3) is 0.367. The predicted octanol–water partition coefficient (Wildman–Crippen LogP) is 4.53. The largest absolute Gasteiger partial charge is 0.326 e. The lowest BCUT2D eigenvalue weighted by molar-refractivity contribution is -0.123. The summed E-state index contributed by atoms with van der Waals surface area (Å²) in [6.45, 7) is 1.13. The first-order valence-electron chi connectivity index (χ1n) is 13.5. The van der Waals surface area contributed by atoms with E-state index in [1.165, 1.54) is 0 Å². The van der Waals surface area contributed by atoms with Crippen LogP contribution in [0.3, 0.4) is 0 Å². The normalized spacial score (nSPS) is 22.6. The summed E-state index contributed by atoms with van der Waals surface area (Å²) in [6.07, 6.45) is 7.73. The van der Waals surface area contributed by atoms with Crippen LogP contribution < -0.4 is 10.2 Å². The molecule has 0 saturated heterocycles. The predicted molar refractivity (Wildman–Crippen MR) is 149 cm³/mol. The molecule has 2 aliphatic heterocycles. The highest BCUT2D eigenvalue weighted by atomic mass is 35.5. The molecule has 2 aromatic heterocycles. The van der Waals surface area contributed by atoms with E-state index in [-0.39, 0.29) is 29.6 Å². The van der Waals surface area contributed by atoms with E-state index in [2.05, 4.69) is 15.3 Å². The number of hydrogen-bond acceptors (Lipinski definition) is 5.